The van der Waals surface area contributed by atoms with Gasteiger partial charge in [-0.25, -0.2) is 0 Å². The number of hydrogen-bond acceptors (Lipinski definition) is 5. The molecule has 3 rings (SSSR count). The number of likely N-dealkylation sites (tertiary alicyclic amines) is 1. The lowest BCUT2D eigenvalue weighted by Crippen LogP contribution is -2.49. The Kier molecular flexibility index (Phi) is 5.74. The second-order valence-electron chi connectivity index (χ2n) is 6.29. The third-order valence-electron chi connectivity index (χ3n) is 4.67. The zero-order valence-corrected chi connectivity index (χ0v) is 13.9. The third-order valence-corrected chi connectivity index (χ3v) is 4.67. The van der Waals surface area contributed by atoms with Gasteiger partial charge in [0.2, 0.25) is 11.8 Å². The average Bonchev–Trinajstić information content (AvgIpc) is 3.04. The highest BCUT2D eigenvalue weighted by Crippen LogP contribution is 2.16. The van der Waals surface area contributed by atoms with Crippen molar-refractivity contribution >= 4 is 11.8 Å². The predicted octanol–water partition coefficient (Wildman–Crippen LogP) is 0.649. The lowest BCUT2D eigenvalue weighted by Gasteiger charge is -2.36. The molecule has 0 radical (unpaired) electrons. The molecule has 130 valence electrons. The molecule has 2 aliphatic heterocycles. The van der Waals surface area contributed by atoms with E-state index in [0.29, 0.717) is 39.1 Å². The zero-order valence-electron chi connectivity index (χ0n) is 13.9. The first kappa shape index (κ1) is 16.8. The Morgan fingerprint density at radius 2 is 2.25 bits per heavy atom. The molecule has 2 fully saturated rings. The van der Waals surface area contributed by atoms with Crippen molar-refractivity contribution in [3.8, 4) is 0 Å². The average molecular weight is 332 g/mol. The van der Waals surface area contributed by atoms with E-state index in [1.165, 1.54) is 0 Å². The minimum atomic E-state index is 0.0718. The standard InChI is InChI=1S/C17H24N4O3/c22-16-2-1-8-20(16)9-5-17(23)21-10-11-24-13-15(21)4-3-14-12-18-6-7-19-14/h6-7,12,15H,1-5,8-11,13H2. The Morgan fingerprint density at radius 3 is 3.00 bits per heavy atom. The van der Waals surface area contributed by atoms with Gasteiger partial charge >= 0.3 is 0 Å². The van der Waals surface area contributed by atoms with E-state index < -0.39 is 0 Å². The van der Waals surface area contributed by atoms with Crippen molar-refractivity contribution in [3.63, 3.8) is 0 Å². The summed E-state index contributed by atoms with van der Waals surface area (Å²) in [5.74, 6) is 0.283. The topological polar surface area (TPSA) is 75.6 Å². The summed E-state index contributed by atoms with van der Waals surface area (Å²) >= 11 is 0. The van der Waals surface area contributed by atoms with Crippen molar-refractivity contribution < 1.29 is 14.3 Å². The van der Waals surface area contributed by atoms with Crippen LogP contribution in [0.5, 0.6) is 0 Å². The molecule has 2 saturated heterocycles. The van der Waals surface area contributed by atoms with Crippen LogP contribution in [0.3, 0.4) is 0 Å². The van der Waals surface area contributed by atoms with E-state index in [9.17, 15) is 9.59 Å². The molecule has 24 heavy (non-hydrogen) atoms. The van der Waals surface area contributed by atoms with E-state index in [1.807, 2.05) is 4.90 Å². The summed E-state index contributed by atoms with van der Waals surface area (Å²) in [7, 11) is 0. The summed E-state index contributed by atoms with van der Waals surface area (Å²) in [4.78, 5) is 36.3. The second kappa shape index (κ2) is 8.19. The molecular weight excluding hydrogens is 308 g/mol. The maximum absolute atomic E-state index is 12.6. The zero-order chi connectivity index (χ0) is 16.8. The van der Waals surface area contributed by atoms with Gasteiger partial charge in [-0.2, -0.15) is 0 Å². The molecule has 0 aliphatic carbocycles. The van der Waals surface area contributed by atoms with Gasteiger partial charge in [0.25, 0.3) is 0 Å². The summed E-state index contributed by atoms with van der Waals surface area (Å²) in [5, 5.41) is 0. The highest BCUT2D eigenvalue weighted by Gasteiger charge is 2.28. The number of aryl methyl sites for hydroxylation is 1. The summed E-state index contributed by atoms with van der Waals surface area (Å²) in [6, 6.07) is 0.0718. The molecule has 1 aromatic heterocycles. The van der Waals surface area contributed by atoms with Crippen molar-refractivity contribution in [3.05, 3.63) is 24.3 Å². The maximum Gasteiger partial charge on any atom is 0.224 e. The summed E-state index contributed by atoms with van der Waals surface area (Å²) in [6.07, 6.45) is 8.61. The number of ether oxygens (including phenoxy) is 1. The number of aromatic nitrogens is 2. The normalized spacial score (nSPS) is 21.3. The van der Waals surface area contributed by atoms with Crippen LogP contribution < -0.4 is 0 Å². The molecule has 7 heteroatoms. The minimum absolute atomic E-state index is 0.0718. The molecule has 0 N–H and O–H groups in total. The van der Waals surface area contributed by atoms with Gasteiger partial charge in [0.1, 0.15) is 0 Å². The number of carbonyl (C=O) groups is 2. The molecule has 7 nitrogen and oxygen atoms in total. The highest BCUT2D eigenvalue weighted by molar-refractivity contribution is 5.80. The molecule has 1 atom stereocenters. The first-order chi connectivity index (χ1) is 11.7. The van der Waals surface area contributed by atoms with Gasteiger partial charge < -0.3 is 14.5 Å². The fourth-order valence-electron chi connectivity index (χ4n) is 3.31. The third kappa shape index (κ3) is 4.29. The monoisotopic (exact) mass is 332 g/mol. The van der Waals surface area contributed by atoms with Crippen molar-refractivity contribution in [2.45, 2.75) is 38.1 Å². The van der Waals surface area contributed by atoms with Crippen LogP contribution in [0.25, 0.3) is 0 Å². The van der Waals surface area contributed by atoms with Crippen LogP contribution in [0.2, 0.25) is 0 Å². The van der Waals surface area contributed by atoms with Crippen LogP contribution in [0, 0.1) is 0 Å². The SMILES string of the molecule is O=C1CCCN1CCC(=O)N1CCOCC1CCc1cnccn1. The molecule has 0 aromatic carbocycles. The van der Waals surface area contributed by atoms with Crippen LogP contribution in [0.1, 0.15) is 31.4 Å². The van der Waals surface area contributed by atoms with Gasteiger partial charge in [-0.15, -0.1) is 0 Å². The Labute approximate surface area is 142 Å². The fraction of sp³-hybridized carbons (Fsp3) is 0.647. The van der Waals surface area contributed by atoms with Crippen LogP contribution in [-0.4, -0.2) is 70.5 Å². The molecule has 2 amide bonds. The summed E-state index contributed by atoms with van der Waals surface area (Å²) in [5.41, 5.74) is 0.929. The largest absolute Gasteiger partial charge is 0.377 e. The number of carbonyl (C=O) groups excluding carboxylic acids is 2. The van der Waals surface area contributed by atoms with Crippen molar-refractivity contribution in [1.82, 2.24) is 19.8 Å². The Bertz CT molecular complexity index is 566. The van der Waals surface area contributed by atoms with Gasteiger partial charge in [-0.05, 0) is 19.3 Å². The van der Waals surface area contributed by atoms with E-state index in [1.54, 1.807) is 23.5 Å². The second-order valence-corrected chi connectivity index (χ2v) is 6.29. The lowest BCUT2D eigenvalue weighted by atomic mass is 10.1. The molecule has 1 aromatic rings. The summed E-state index contributed by atoms with van der Waals surface area (Å²) < 4.78 is 5.55. The first-order valence-electron chi connectivity index (χ1n) is 8.64. The smallest absolute Gasteiger partial charge is 0.224 e. The molecule has 3 heterocycles. The molecule has 0 saturated carbocycles. The number of hydrogen-bond donors (Lipinski definition) is 0. The Morgan fingerprint density at radius 1 is 1.33 bits per heavy atom. The fourth-order valence-corrected chi connectivity index (χ4v) is 3.31. The molecular formula is C17H24N4O3. The van der Waals surface area contributed by atoms with E-state index >= 15 is 0 Å². The van der Waals surface area contributed by atoms with Crippen LogP contribution >= 0.6 is 0 Å². The maximum atomic E-state index is 12.6. The van der Waals surface area contributed by atoms with E-state index in [2.05, 4.69) is 9.97 Å². The van der Waals surface area contributed by atoms with Crippen LogP contribution in [-0.2, 0) is 20.7 Å². The van der Waals surface area contributed by atoms with E-state index in [-0.39, 0.29) is 17.9 Å². The van der Waals surface area contributed by atoms with Crippen LogP contribution in [0.4, 0.5) is 0 Å². The number of rotatable bonds is 6. The van der Waals surface area contributed by atoms with Gasteiger partial charge in [-0.1, -0.05) is 0 Å². The van der Waals surface area contributed by atoms with Crippen molar-refractivity contribution in [2.24, 2.45) is 0 Å². The van der Waals surface area contributed by atoms with Gasteiger partial charge in [0.05, 0.1) is 24.9 Å². The number of amides is 2. The number of nitrogens with zero attached hydrogens (tertiary/aromatic N) is 4. The minimum Gasteiger partial charge on any atom is -0.377 e. The Hall–Kier alpha value is -2.02. The van der Waals surface area contributed by atoms with Gasteiger partial charge in [0, 0.05) is 51.1 Å². The predicted molar refractivity (Wildman–Crippen MR) is 87.1 cm³/mol. The number of morpholine rings is 1. The van der Waals surface area contributed by atoms with Crippen molar-refractivity contribution in [1.29, 1.82) is 0 Å². The van der Waals surface area contributed by atoms with Crippen molar-refractivity contribution in [2.75, 3.05) is 32.8 Å². The van der Waals surface area contributed by atoms with Crippen LogP contribution in [0.15, 0.2) is 18.6 Å². The Balaban J connectivity index is 1.51. The summed E-state index contributed by atoms with van der Waals surface area (Å²) in [6.45, 7) is 3.08. The quantitative estimate of drug-likeness (QED) is 0.764. The van der Waals surface area contributed by atoms with Gasteiger partial charge in [-0.3, -0.25) is 19.6 Å². The molecule has 0 bridgehead atoms. The first-order valence-corrected chi connectivity index (χ1v) is 8.64. The van der Waals surface area contributed by atoms with E-state index in [4.69, 9.17) is 4.74 Å². The lowest BCUT2D eigenvalue weighted by molar-refractivity contribution is -0.140. The molecule has 0 spiro atoms. The van der Waals surface area contributed by atoms with E-state index in [0.717, 1.165) is 31.5 Å². The highest BCUT2D eigenvalue weighted by atomic mass is 16.5. The van der Waals surface area contributed by atoms with Gasteiger partial charge in [0.15, 0.2) is 0 Å². The molecule has 2 aliphatic rings. The molecule has 1 unspecified atom stereocenters.